The number of Topliss-reactive ketones (excluding diaryl/α,β-unsaturated/α-hetero) is 1. The van der Waals surface area contributed by atoms with Gasteiger partial charge in [-0.3, -0.25) is 4.79 Å². The Hall–Kier alpha value is -1.59. The lowest BCUT2D eigenvalue weighted by molar-refractivity contribution is -0.275. The molecule has 6 heteroatoms. The van der Waals surface area contributed by atoms with Crippen LogP contribution in [-0.4, -0.2) is 12.1 Å². The third kappa shape index (κ3) is 2.95. The van der Waals surface area contributed by atoms with Gasteiger partial charge in [-0.1, -0.05) is 13.0 Å². The van der Waals surface area contributed by atoms with Gasteiger partial charge in [0.05, 0.1) is 5.56 Å². The molecule has 2 nitrogen and oxygen atoms in total. The Morgan fingerprint density at radius 3 is 2.50 bits per heavy atom. The van der Waals surface area contributed by atoms with Crippen molar-refractivity contribution < 1.29 is 27.1 Å². The summed E-state index contributed by atoms with van der Waals surface area (Å²) in [6.45, 7) is 1.49. The number of ketones is 1. The molecule has 16 heavy (non-hydrogen) atoms. The van der Waals surface area contributed by atoms with Crippen molar-refractivity contribution in [1.82, 2.24) is 0 Å². The van der Waals surface area contributed by atoms with Gasteiger partial charge in [-0.05, 0) is 12.1 Å². The lowest BCUT2D eigenvalue weighted by Gasteiger charge is -2.10. The van der Waals surface area contributed by atoms with E-state index in [9.17, 15) is 22.4 Å². The summed E-state index contributed by atoms with van der Waals surface area (Å²) < 4.78 is 52.4. The molecule has 0 saturated carbocycles. The second-order valence-electron chi connectivity index (χ2n) is 2.94. The zero-order valence-corrected chi connectivity index (χ0v) is 8.27. The third-order valence-corrected chi connectivity index (χ3v) is 1.81. The molecule has 0 N–H and O–H groups in total. The monoisotopic (exact) mass is 236 g/mol. The molecule has 1 rings (SSSR count). The van der Waals surface area contributed by atoms with Gasteiger partial charge in [0, 0.05) is 6.42 Å². The van der Waals surface area contributed by atoms with Crippen molar-refractivity contribution >= 4 is 5.78 Å². The number of benzene rings is 1. The molecule has 0 aliphatic heterocycles. The fourth-order valence-corrected chi connectivity index (χ4v) is 1.12. The van der Waals surface area contributed by atoms with Gasteiger partial charge in [0.2, 0.25) is 0 Å². The maximum absolute atomic E-state index is 13.4. The Morgan fingerprint density at radius 2 is 2.00 bits per heavy atom. The SMILES string of the molecule is CCC(=O)c1cccc(OC(F)(F)F)c1F. The lowest BCUT2D eigenvalue weighted by Crippen LogP contribution is -2.18. The first-order valence-electron chi connectivity index (χ1n) is 4.42. The zero-order chi connectivity index (χ0) is 12.3. The first kappa shape index (κ1) is 12.5. The van der Waals surface area contributed by atoms with Crippen molar-refractivity contribution in [3.8, 4) is 5.75 Å². The molecule has 0 bridgehead atoms. The van der Waals surface area contributed by atoms with Gasteiger partial charge in [-0.2, -0.15) is 0 Å². The number of ether oxygens (including phenoxy) is 1. The largest absolute Gasteiger partial charge is 0.573 e. The number of carbonyl (C=O) groups is 1. The summed E-state index contributed by atoms with van der Waals surface area (Å²) >= 11 is 0. The van der Waals surface area contributed by atoms with Crippen LogP contribution < -0.4 is 4.74 Å². The van der Waals surface area contributed by atoms with Gasteiger partial charge < -0.3 is 4.74 Å². The number of alkyl halides is 3. The second kappa shape index (κ2) is 4.51. The van der Waals surface area contributed by atoms with Crippen molar-refractivity contribution in [3.63, 3.8) is 0 Å². The van der Waals surface area contributed by atoms with Crippen LogP contribution in [-0.2, 0) is 0 Å². The van der Waals surface area contributed by atoms with E-state index in [4.69, 9.17) is 0 Å². The normalized spacial score (nSPS) is 11.3. The summed E-state index contributed by atoms with van der Waals surface area (Å²) in [6, 6.07) is 3.06. The smallest absolute Gasteiger partial charge is 0.403 e. The lowest BCUT2D eigenvalue weighted by atomic mass is 10.1. The van der Waals surface area contributed by atoms with E-state index in [1.807, 2.05) is 0 Å². The highest BCUT2D eigenvalue weighted by Crippen LogP contribution is 2.27. The van der Waals surface area contributed by atoms with Crippen LogP contribution >= 0.6 is 0 Å². The van der Waals surface area contributed by atoms with E-state index in [-0.39, 0.29) is 6.42 Å². The summed E-state index contributed by atoms with van der Waals surface area (Å²) in [7, 11) is 0. The predicted molar refractivity (Wildman–Crippen MR) is 47.7 cm³/mol. The first-order valence-corrected chi connectivity index (χ1v) is 4.42. The molecule has 1 aromatic rings. The highest BCUT2D eigenvalue weighted by molar-refractivity contribution is 5.96. The first-order chi connectivity index (χ1) is 7.35. The van der Waals surface area contributed by atoms with Crippen LogP contribution in [0.25, 0.3) is 0 Å². The Balaban J connectivity index is 3.09. The third-order valence-electron chi connectivity index (χ3n) is 1.81. The Morgan fingerprint density at radius 1 is 1.38 bits per heavy atom. The maximum atomic E-state index is 13.4. The second-order valence-corrected chi connectivity index (χ2v) is 2.94. The van der Waals surface area contributed by atoms with Crippen molar-refractivity contribution in [1.29, 1.82) is 0 Å². The zero-order valence-electron chi connectivity index (χ0n) is 8.27. The van der Waals surface area contributed by atoms with Gasteiger partial charge in [-0.15, -0.1) is 13.2 Å². The molecule has 0 heterocycles. The minimum absolute atomic E-state index is 0.00634. The summed E-state index contributed by atoms with van der Waals surface area (Å²) in [5.74, 6) is -2.86. The predicted octanol–water partition coefficient (Wildman–Crippen LogP) is 3.32. The summed E-state index contributed by atoms with van der Waals surface area (Å²) in [4.78, 5) is 11.2. The summed E-state index contributed by atoms with van der Waals surface area (Å²) in [5, 5.41) is 0. The molecule has 0 aliphatic carbocycles. The van der Waals surface area contributed by atoms with Crippen LogP contribution in [0.3, 0.4) is 0 Å². The molecule has 88 valence electrons. The molecule has 0 radical (unpaired) electrons. The number of carbonyl (C=O) groups excluding carboxylic acids is 1. The van der Waals surface area contributed by atoms with Gasteiger partial charge >= 0.3 is 6.36 Å². The van der Waals surface area contributed by atoms with Crippen molar-refractivity contribution in [2.75, 3.05) is 0 Å². The van der Waals surface area contributed by atoms with Crippen LogP contribution in [0.15, 0.2) is 18.2 Å². The van der Waals surface area contributed by atoms with Crippen LogP contribution in [0, 0.1) is 5.82 Å². The highest BCUT2D eigenvalue weighted by atomic mass is 19.4. The highest BCUT2D eigenvalue weighted by Gasteiger charge is 2.33. The van der Waals surface area contributed by atoms with Gasteiger partial charge in [-0.25, -0.2) is 4.39 Å². The molecule has 0 amide bonds. The van der Waals surface area contributed by atoms with Crippen molar-refractivity contribution in [3.05, 3.63) is 29.6 Å². The van der Waals surface area contributed by atoms with Gasteiger partial charge in [0.25, 0.3) is 0 Å². The summed E-state index contributed by atoms with van der Waals surface area (Å²) in [5.41, 5.74) is -0.399. The number of rotatable bonds is 3. The fraction of sp³-hybridized carbons (Fsp3) is 0.300. The van der Waals surface area contributed by atoms with Crippen molar-refractivity contribution in [2.24, 2.45) is 0 Å². The number of hydrogen-bond acceptors (Lipinski definition) is 2. The molecule has 0 saturated heterocycles. The Labute approximate surface area is 88.8 Å². The average molecular weight is 236 g/mol. The standard InChI is InChI=1S/C10H8F4O2/c1-2-7(15)6-4-3-5-8(9(6)11)16-10(12,13)14/h3-5H,2H2,1H3. The minimum Gasteiger partial charge on any atom is -0.403 e. The fourth-order valence-electron chi connectivity index (χ4n) is 1.12. The van der Waals surface area contributed by atoms with E-state index < -0.39 is 29.3 Å². The molecular formula is C10H8F4O2. The van der Waals surface area contributed by atoms with Crippen LogP contribution in [0.1, 0.15) is 23.7 Å². The van der Waals surface area contributed by atoms with E-state index in [0.717, 1.165) is 18.2 Å². The maximum Gasteiger partial charge on any atom is 0.573 e. The Kier molecular flexibility index (Phi) is 3.51. The number of hydrogen-bond donors (Lipinski definition) is 0. The van der Waals surface area contributed by atoms with E-state index in [1.54, 1.807) is 0 Å². The van der Waals surface area contributed by atoms with Gasteiger partial charge in [0.15, 0.2) is 17.3 Å². The molecule has 0 spiro atoms. The van der Waals surface area contributed by atoms with E-state index >= 15 is 0 Å². The molecule has 0 aliphatic rings. The molecule has 0 atom stereocenters. The van der Waals surface area contributed by atoms with Crippen LogP contribution in [0.2, 0.25) is 0 Å². The van der Waals surface area contributed by atoms with Crippen LogP contribution in [0.4, 0.5) is 17.6 Å². The molecule has 0 unspecified atom stereocenters. The van der Waals surface area contributed by atoms with Gasteiger partial charge in [0.1, 0.15) is 0 Å². The molecular weight excluding hydrogens is 228 g/mol. The van der Waals surface area contributed by atoms with E-state index in [0.29, 0.717) is 0 Å². The Bertz CT molecular complexity index is 398. The summed E-state index contributed by atoms with van der Waals surface area (Å²) in [6.07, 6.45) is -4.97. The quantitative estimate of drug-likeness (QED) is 0.594. The average Bonchev–Trinajstić information content (AvgIpc) is 2.18. The van der Waals surface area contributed by atoms with Crippen molar-refractivity contribution in [2.45, 2.75) is 19.7 Å². The molecule has 0 fully saturated rings. The van der Waals surface area contributed by atoms with E-state index in [1.165, 1.54) is 6.92 Å². The molecule has 0 aromatic heterocycles. The van der Waals surface area contributed by atoms with Crippen LogP contribution in [0.5, 0.6) is 5.75 Å². The number of halogens is 4. The molecule has 1 aromatic carbocycles. The topological polar surface area (TPSA) is 26.3 Å². The van der Waals surface area contributed by atoms with E-state index in [2.05, 4.69) is 4.74 Å². The minimum atomic E-state index is -4.98.